The second-order valence-corrected chi connectivity index (χ2v) is 11.0. The fourth-order valence-corrected chi connectivity index (χ4v) is 6.13. The van der Waals surface area contributed by atoms with Gasteiger partial charge in [0.2, 0.25) is 6.10 Å². The van der Waals surface area contributed by atoms with Crippen molar-refractivity contribution >= 4 is 17.4 Å². The van der Waals surface area contributed by atoms with Crippen LogP contribution in [0.25, 0.3) is 0 Å². The van der Waals surface area contributed by atoms with Gasteiger partial charge < -0.3 is 19.3 Å². The summed E-state index contributed by atoms with van der Waals surface area (Å²) >= 11 is 0. The number of ether oxygens (including phenoxy) is 2. The van der Waals surface area contributed by atoms with E-state index in [0.29, 0.717) is 50.8 Å². The average Bonchev–Trinajstić information content (AvgIpc) is 2.95. The molecule has 7 heteroatoms. The number of rotatable bonds is 8. The summed E-state index contributed by atoms with van der Waals surface area (Å²) < 4.78 is 11.7. The van der Waals surface area contributed by atoms with Crippen molar-refractivity contribution in [1.82, 2.24) is 9.80 Å². The number of carbonyl (C=O) groups is 1. The van der Waals surface area contributed by atoms with Gasteiger partial charge in [-0.1, -0.05) is 43.2 Å². The van der Waals surface area contributed by atoms with Gasteiger partial charge in [0.05, 0.1) is 18.9 Å². The van der Waals surface area contributed by atoms with Crippen LogP contribution >= 0.6 is 0 Å². The molecule has 0 spiro atoms. The Morgan fingerprint density at radius 3 is 2.47 bits per heavy atom. The summed E-state index contributed by atoms with van der Waals surface area (Å²) in [5, 5.41) is 8.70. The normalized spacial score (nSPS) is 24.2. The third kappa shape index (κ3) is 5.89. The van der Waals surface area contributed by atoms with Gasteiger partial charge >= 0.3 is 0 Å². The van der Waals surface area contributed by atoms with Gasteiger partial charge in [0.25, 0.3) is 5.91 Å². The molecule has 2 aromatic rings. The van der Waals surface area contributed by atoms with Crippen LogP contribution in [0.2, 0.25) is 0 Å². The van der Waals surface area contributed by atoms with Crippen LogP contribution in [-0.2, 0) is 9.53 Å². The van der Waals surface area contributed by atoms with Crippen molar-refractivity contribution in [3.8, 4) is 5.75 Å². The number of morpholine rings is 1. The number of carbonyl (C=O) groups excluding carboxylic acids is 1. The fourth-order valence-electron chi connectivity index (χ4n) is 6.13. The van der Waals surface area contributed by atoms with Gasteiger partial charge in [0.15, 0.2) is 0 Å². The Balaban J connectivity index is 1.25. The number of nitrogens with zero attached hydrogens (tertiary/aromatic N) is 3. The van der Waals surface area contributed by atoms with E-state index in [0.717, 1.165) is 48.4 Å². The summed E-state index contributed by atoms with van der Waals surface area (Å²) in [6.45, 7) is 9.22. The zero-order chi connectivity index (χ0) is 26.5. The number of amides is 1. The Morgan fingerprint density at radius 2 is 1.68 bits per heavy atom. The van der Waals surface area contributed by atoms with Crippen molar-refractivity contribution in [2.75, 3.05) is 44.3 Å². The lowest BCUT2D eigenvalue weighted by molar-refractivity contribution is -0.126. The Bertz CT molecular complexity index is 1110. The van der Waals surface area contributed by atoms with E-state index in [-0.39, 0.29) is 5.91 Å². The fraction of sp³-hybridized carbons (Fsp3) is 0.548. The van der Waals surface area contributed by atoms with E-state index < -0.39 is 6.10 Å². The van der Waals surface area contributed by atoms with Crippen molar-refractivity contribution in [3.05, 3.63) is 59.7 Å². The summed E-state index contributed by atoms with van der Waals surface area (Å²) in [5.74, 6) is 1.17. The van der Waals surface area contributed by atoms with E-state index in [9.17, 15) is 4.79 Å². The Hall–Kier alpha value is -2.90. The van der Waals surface area contributed by atoms with Gasteiger partial charge in [-0.25, -0.2) is 0 Å². The third-order valence-electron chi connectivity index (χ3n) is 8.36. The van der Waals surface area contributed by atoms with Gasteiger partial charge in [-0.05, 0) is 64.3 Å². The lowest BCUT2D eigenvalue weighted by Gasteiger charge is -2.39. The molecule has 0 aromatic heterocycles. The number of para-hydroxylation sites is 2. The molecule has 2 saturated heterocycles. The number of unbranched alkanes of at least 4 members (excludes halogenated alkanes) is 2. The molecule has 5 rings (SSSR count). The van der Waals surface area contributed by atoms with Crippen LogP contribution in [0.3, 0.4) is 0 Å². The largest absolute Gasteiger partial charge is 0.474 e. The summed E-state index contributed by atoms with van der Waals surface area (Å²) in [6.07, 6.45) is 6.46. The summed E-state index contributed by atoms with van der Waals surface area (Å²) in [5.41, 5.74) is 2.44. The van der Waals surface area contributed by atoms with Gasteiger partial charge in [0.1, 0.15) is 11.6 Å². The Kier molecular flexibility index (Phi) is 8.65. The second kappa shape index (κ2) is 12.3. The second-order valence-electron chi connectivity index (χ2n) is 11.0. The summed E-state index contributed by atoms with van der Waals surface area (Å²) in [6, 6.07) is 16.9. The van der Waals surface area contributed by atoms with Gasteiger partial charge in [0, 0.05) is 42.8 Å². The molecule has 0 saturated carbocycles. The molecule has 3 aliphatic rings. The summed E-state index contributed by atoms with van der Waals surface area (Å²) in [4.78, 5) is 20.4. The van der Waals surface area contributed by atoms with Crippen LogP contribution in [0.1, 0.15) is 69.6 Å². The molecule has 0 radical (unpaired) electrons. The maximum atomic E-state index is 13.8. The maximum absolute atomic E-state index is 13.8. The predicted molar refractivity (Wildman–Crippen MR) is 151 cm³/mol. The lowest BCUT2D eigenvalue weighted by Crippen LogP contribution is -2.44. The minimum Gasteiger partial charge on any atom is -0.474 e. The Morgan fingerprint density at radius 1 is 0.947 bits per heavy atom. The molecule has 1 amide bonds. The number of anilines is 1. The maximum Gasteiger partial charge on any atom is 0.272 e. The third-order valence-corrected chi connectivity index (χ3v) is 8.36. The number of fused-ring (bicyclic) bond motifs is 1. The predicted octanol–water partition coefficient (Wildman–Crippen LogP) is 5.24. The number of piperidine rings is 1. The van der Waals surface area contributed by atoms with Gasteiger partial charge in [-0.3, -0.25) is 15.1 Å². The highest BCUT2D eigenvalue weighted by molar-refractivity contribution is 6.01. The molecule has 38 heavy (non-hydrogen) atoms. The number of amidine groups is 1. The van der Waals surface area contributed by atoms with E-state index in [1.165, 1.54) is 19.3 Å². The first kappa shape index (κ1) is 26.7. The smallest absolute Gasteiger partial charge is 0.272 e. The quantitative estimate of drug-likeness (QED) is 0.294. The lowest BCUT2D eigenvalue weighted by atomic mass is 9.97. The molecular formula is C31H42N4O3. The van der Waals surface area contributed by atoms with Crippen molar-refractivity contribution in [2.24, 2.45) is 0 Å². The van der Waals surface area contributed by atoms with Crippen LogP contribution in [0.15, 0.2) is 48.5 Å². The zero-order valence-electron chi connectivity index (χ0n) is 22.9. The molecule has 0 bridgehead atoms. The monoisotopic (exact) mass is 518 g/mol. The zero-order valence-corrected chi connectivity index (χ0v) is 22.9. The molecule has 3 atom stereocenters. The first-order valence-corrected chi connectivity index (χ1v) is 14.4. The number of likely N-dealkylation sites (tertiary alicyclic amines) is 1. The van der Waals surface area contributed by atoms with Crippen molar-refractivity contribution < 1.29 is 14.3 Å². The van der Waals surface area contributed by atoms with Crippen LogP contribution < -0.4 is 9.64 Å². The van der Waals surface area contributed by atoms with Crippen LogP contribution in [-0.4, -0.2) is 73.0 Å². The molecule has 3 unspecified atom stereocenters. The van der Waals surface area contributed by atoms with Gasteiger partial charge in [-0.2, -0.15) is 0 Å². The van der Waals surface area contributed by atoms with Crippen LogP contribution in [0.4, 0.5) is 5.69 Å². The van der Waals surface area contributed by atoms with Crippen molar-refractivity contribution in [3.63, 3.8) is 0 Å². The van der Waals surface area contributed by atoms with Crippen LogP contribution in [0.5, 0.6) is 5.75 Å². The van der Waals surface area contributed by atoms with E-state index in [1.54, 1.807) is 0 Å². The van der Waals surface area contributed by atoms with E-state index in [1.807, 2.05) is 58.3 Å². The van der Waals surface area contributed by atoms with Gasteiger partial charge in [-0.15, -0.1) is 0 Å². The summed E-state index contributed by atoms with van der Waals surface area (Å²) in [7, 11) is 0. The molecule has 1 N–H and O–H groups in total. The highest BCUT2D eigenvalue weighted by Gasteiger charge is 2.35. The molecule has 0 aliphatic carbocycles. The number of hydrogen-bond donors (Lipinski definition) is 1. The molecule has 204 valence electrons. The van der Waals surface area contributed by atoms with E-state index in [4.69, 9.17) is 14.9 Å². The first-order valence-electron chi connectivity index (χ1n) is 14.4. The molecule has 2 aromatic carbocycles. The topological polar surface area (TPSA) is 69.1 Å². The number of benzene rings is 2. The number of nitrogens with one attached hydrogen (secondary N) is 1. The highest BCUT2D eigenvalue weighted by Crippen LogP contribution is 2.39. The Labute approximate surface area is 227 Å². The average molecular weight is 519 g/mol. The first-order chi connectivity index (χ1) is 18.5. The van der Waals surface area contributed by atoms with E-state index in [2.05, 4.69) is 18.7 Å². The van der Waals surface area contributed by atoms with Crippen LogP contribution in [0, 0.1) is 5.41 Å². The molecule has 3 aliphatic heterocycles. The molecule has 2 fully saturated rings. The molecular weight excluding hydrogens is 476 g/mol. The molecule has 3 heterocycles. The van der Waals surface area contributed by atoms with Crippen molar-refractivity contribution in [2.45, 2.75) is 70.6 Å². The standard InChI is InChI=1S/C31H42N4O3/c1-23-10-8-11-24(2)34(23)16-6-3-7-17-35-27-14-4-5-15-28(27)38-29(31(35)36)25-12-9-13-26(22-25)30(32)33-18-20-37-21-19-33/h4-5,9,12-15,22-24,29,32H,3,6-8,10-11,16-21H2,1-2H3. The minimum atomic E-state index is -0.711. The van der Waals surface area contributed by atoms with E-state index >= 15 is 0 Å². The van der Waals surface area contributed by atoms with Crippen molar-refractivity contribution in [1.29, 1.82) is 5.41 Å². The molecule has 7 nitrogen and oxygen atoms in total. The highest BCUT2D eigenvalue weighted by atomic mass is 16.5. The minimum absolute atomic E-state index is 0.0305. The SMILES string of the molecule is CC1CCCC(C)N1CCCCCN1C(=O)C(c2cccc(C(=N)N3CCOCC3)c2)Oc2ccccc21. The number of hydrogen-bond acceptors (Lipinski definition) is 5.